The molecule has 4 heteroatoms. The van der Waals surface area contributed by atoms with Crippen molar-refractivity contribution >= 4 is 5.91 Å². The van der Waals surface area contributed by atoms with Gasteiger partial charge in [-0.3, -0.25) is 9.69 Å². The second kappa shape index (κ2) is 6.60. The molecule has 1 amide bonds. The van der Waals surface area contributed by atoms with Crippen LogP contribution in [0.4, 0.5) is 4.39 Å². The van der Waals surface area contributed by atoms with E-state index in [9.17, 15) is 9.18 Å². The maximum Gasteiger partial charge on any atom is 0.223 e. The van der Waals surface area contributed by atoms with Crippen LogP contribution in [0.15, 0.2) is 42.5 Å². The highest BCUT2D eigenvalue weighted by atomic mass is 19.1. The molecule has 2 aromatic carbocycles. The summed E-state index contributed by atoms with van der Waals surface area (Å²) in [6.07, 6.45) is 2.43. The number of nitrogens with one attached hydrogen (secondary N) is 1. The van der Waals surface area contributed by atoms with E-state index < -0.39 is 0 Å². The standard InChI is InChI=1S/C21H23FN2O/c1-24-13-16-6-7-19(22)10-17(16)11-20(24)12-23-21(25)18-8-14-4-2-3-5-15(14)9-18/h2-7,10,18,20H,8-9,11-13H2,1H3,(H,23,25)/t20-/m1/s1. The van der Waals surface area contributed by atoms with E-state index in [1.54, 1.807) is 6.07 Å². The Morgan fingerprint density at radius 2 is 1.80 bits per heavy atom. The molecule has 1 heterocycles. The third-order valence-corrected chi connectivity index (χ3v) is 5.60. The zero-order chi connectivity index (χ0) is 17.4. The number of nitrogens with zero attached hydrogens (tertiary/aromatic N) is 1. The lowest BCUT2D eigenvalue weighted by atomic mass is 9.94. The van der Waals surface area contributed by atoms with Gasteiger partial charge in [-0.05, 0) is 60.7 Å². The Morgan fingerprint density at radius 3 is 2.52 bits per heavy atom. The van der Waals surface area contributed by atoms with Crippen molar-refractivity contribution in [3.05, 3.63) is 70.5 Å². The van der Waals surface area contributed by atoms with E-state index in [-0.39, 0.29) is 23.7 Å². The van der Waals surface area contributed by atoms with Crippen molar-refractivity contribution in [1.29, 1.82) is 0 Å². The first-order chi connectivity index (χ1) is 12.1. The molecular formula is C21H23FN2O. The third-order valence-electron chi connectivity index (χ3n) is 5.60. The van der Waals surface area contributed by atoms with Crippen molar-refractivity contribution < 1.29 is 9.18 Å². The number of halogens is 1. The normalized spacial score (nSPS) is 20.2. The highest BCUT2D eigenvalue weighted by molar-refractivity contribution is 5.80. The third kappa shape index (κ3) is 3.31. The van der Waals surface area contributed by atoms with Gasteiger partial charge in [0.25, 0.3) is 0 Å². The van der Waals surface area contributed by atoms with Crippen LogP contribution in [0.3, 0.4) is 0 Å². The van der Waals surface area contributed by atoms with Crippen LogP contribution in [0.1, 0.15) is 22.3 Å². The SMILES string of the molecule is CN1Cc2ccc(F)cc2C[C@@H]1CNC(=O)C1Cc2ccccc2C1. The topological polar surface area (TPSA) is 32.3 Å². The first-order valence-corrected chi connectivity index (χ1v) is 8.92. The van der Waals surface area contributed by atoms with Gasteiger partial charge in [-0.15, -0.1) is 0 Å². The smallest absolute Gasteiger partial charge is 0.223 e. The largest absolute Gasteiger partial charge is 0.354 e. The van der Waals surface area contributed by atoms with Gasteiger partial charge in [0.05, 0.1) is 0 Å². The molecule has 0 spiro atoms. The Kier molecular flexibility index (Phi) is 4.30. The summed E-state index contributed by atoms with van der Waals surface area (Å²) in [6, 6.07) is 13.5. The monoisotopic (exact) mass is 338 g/mol. The lowest BCUT2D eigenvalue weighted by Crippen LogP contribution is -2.46. The van der Waals surface area contributed by atoms with Gasteiger partial charge < -0.3 is 5.32 Å². The first-order valence-electron chi connectivity index (χ1n) is 8.92. The molecular weight excluding hydrogens is 315 g/mol. The molecule has 1 aliphatic carbocycles. The van der Waals surface area contributed by atoms with Crippen LogP contribution in [0, 0.1) is 11.7 Å². The van der Waals surface area contributed by atoms with Crippen LogP contribution in [-0.4, -0.2) is 30.4 Å². The van der Waals surface area contributed by atoms with Gasteiger partial charge >= 0.3 is 0 Å². The fourth-order valence-electron chi connectivity index (χ4n) is 4.08. The minimum atomic E-state index is -0.185. The molecule has 0 fully saturated rings. The van der Waals surface area contributed by atoms with Gasteiger partial charge in [-0.25, -0.2) is 4.39 Å². The van der Waals surface area contributed by atoms with Gasteiger partial charge in [0.15, 0.2) is 0 Å². The number of carbonyl (C=O) groups excluding carboxylic acids is 1. The summed E-state index contributed by atoms with van der Waals surface area (Å²) in [5.74, 6) is -0.0134. The number of hydrogen-bond acceptors (Lipinski definition) is 2. The fourth-order valence-corrected chi connectivity index (χ4v) is 4.08. The fraction of sp³-hybridized carbons (Fsp3) is 0.381. The molecule has 0 radical (unpaired) electrons. The van der Waals surface area contributed by atoms with Gasteiger partial charge in [0.1, 0.15) is 5.82 Å². The Hall–Kier alpha value is -2.20. The van der Waals surface area contributed by atoms with Crippen molar-refractivity contribution in [3.63, 3.8) is 0 Å². The van der Waals surface area contributed by atoms with Crippen LogP contribution in [0.25, 0.3) is 0 Å². The molecule has 4 rings (SSSR count). The molecule has 3 nitrogen and oxygen atoms in total. The van der Waals surface area contributed by atoms with Crippen LogP contribution < -0.4 is 5.32 Å². The molecule has 0 bridgehead atoms. The van der Waals surface area contributed by atoms with Crippen LogP contribution >= 0.6 is 0 Å². The lowest BCUT2D eigenvalue weighted by molar-refractivity contribution is -0.125. The molecule has 130 valence electrons. The number of benzene rings is 2. The van der Waals surface area contributed by atoms with Crippen molar-refractivity contribution in [3.8, 4) is 0 Å². The number of rotatable bonds is 3. The van der Waals surface area contributed by atoms with Crippen molar-refractivity contribution in [2.24, 2.45) is 5.92 Å². The molecule has 2 aromatic rings. The first kappa shape index (κ1) is 16.3. The van der Waals surface area contributed by atoms with E-state index >= 15 is 0 Å². The van der Waals surface area contributed by atoms with Gasteiger partial charge in [0, 0.05) is 25.0 Å². The molecule has 0 saturated heterocycles. The zero-order valence-corrected chi connectivity index (χ0v) is 14.5. The summed E-state index contributed by atoms with van der Waals surface area (Å²) in [4.78, 5) is 14.8. The molecule has 0 saturated carbocycles. The van der Waals surface area contributed by atoms with Crippen molar-refractivity contribution in [1.82, 2.24) is 10.2 Å². The Balaban J connectivity index is 1.36. The zero-order valence-electron chi connectivity index (χ0n) is 14.5. The number of likely N-dealkylation sites (N-methyl/N-ethyl adjacent to an activating group) is 1. The highest BCUT2D eigenvalue weighted by Gasteiger charge is 2.29. The van der Waals surface area contributed by atoms with E-state index in [0.717, 1.165) is 31.4 Å². The van der Waals surface area contributed by atoms with Crippen LogP contribution in [-0.2, 0) is 30.6 Å². The summed E-state index contributed by atoms with van der Waals surface area (Å²) in [5.41, 5.74) is 4.83. The molecule has 25 heavy (non-hydrogen) atoms. The van der Waals surface area contributed by atoms with E-state index in [4.69, 9.17) is 0 Å². The Bertz CT molecular complexity index is 779. The van der Waals surface area contributed by atoms with E-state index in [2.05, 4.69) is 29.4 Å². The lowest BCUT2D eigenvalue weighted by Gasteiger charge is -2.34. The quantitative estimate of drug-likeness (QED) is 0.933. The number of hydrogen-bond donors (Lipinski definition) is 1. The van der Waals surface area contributed by atoms with E-state index in [1.807, 2.05) is 18.2 Å². The molecule has 1 atom stereocenters. The summed E-state index contributed by atoms with van der Waals surface area (Å²) in [6.45, 7) is 1.41. The van der Waals surface area contributed by atoms with E-state index in [1.165, 1.54) is 22.8 Å². The maximum atomic E-state index is 13.5. The molecule has 2 aliphatic rings. The Labute approximate surface area is 147 Å². The van der Waals surface area contributed by atoms with Crippen LogP contribution in [0.5, 0.6) is 0 Å². The predicted molar refractivity (Wildman–Crippen MR) is 95.7 cm³/mol. The molecule has 0 aromatic heterocycles. The van der Waals surface area contributed by atoms with E-state index in [0.29, 0.717) is 6.54 Å². The predicted octanol–water partition coefficient (Wildman–Crippen LogP) is 2.71. The summed E-state index contributed by atoms with van der Waals surface area (Å²) in [7, 11) is 2.06. The van der Waals surface area contributed by atoms with Crippen molar-refractivity contribution in [2.75, 3.05) is 13.6 Å². The summed E-state index contributed by atoms with van der Waals surface area (Å²) >= 11 is 0. The Morgan fingerprint density at radius 1 is 1.08 bits per heavy atom. The summed E-state index contributed by atoms with van der Waals surface area (Å²) in [5, 5.41) is 3.13. The maximum absolute atomic E-state index is 13.5. The minimum Gasteiger partial charge on any atom is -0.354 e. The number of carbonyl (C=O) groups is 1. The van der Waals surface area contributed by atoms with Gasteiger partial charge in [0.2, 0.25) is 5.91 Å². The summed E-state index contributed by atoms with van der Waals surface area (Å²) < 4.78 is 13.5. The second-order valence-corrected chi connectivity index (χ2v) is 7.31. The van der Waals surface area contributed by atoms with Crippen molar-refractivity contribution in [2.45, 2.75) is 31.8 Å². The molecule has 1 N–H and O–H groups in total. The van der Waals surface area contributed by atoms with Crippen LogP contribution in [0.2, 0.25) is 0 Å². The number of amides is 1. The molecule has 1 aliphatic heterocycles. The van der Waals surface area contributed by atoms with Gasteiger partial charge in [-0.2, -0.15) is 0 Å². The molecule has 0 unspecified atom stereocenters. The second-order valence-electron chi connectivity index (χ2n) is 7.31. The number of fused-ring (bicyclic) bond motifs is 2. The minimum absolute atomic E-state index is 0.0380. The highest BCUT2D eigenvalue weighted by Crippen LogP contribution is 2.27. The average molecular weight is 338 g/mol. The average Bonchev–Trinajstić information content (AvgIpc) is 3.04. The van der Waals surface area contributed by atoms with Gasteiger partial charge in [-0.1, -0.05) is 30.3 Å².